The van der Waals surface area contributed by atoms with Gasteiger partial charge in [0.15, 0.2) is 5.82 Å². The van der Waals surface area contributed by atoms with Crippen molar-refractivity contribution in [1.29, 1.82) is 0 Å². The number of carbonyl (C=O) groups excluding carboxylic acids is 2. The SMILES string of the molecule is C#CC(C)(C)NC(=O)c1cc2ccccc2c(Cl)c1NC(=O)C(C=C(N)C(F)(F)F)=Nc1ncccc1Cl. The molecule has 0 spiro atoms. The zero-order valence-electron chi connectivity index (χ0n) is 20.0. The molecule has 38 heavy (non-hydrogen) atoms. The van der Waals surface area contributed by atoms with Crippen molar-refractivity contribution >= 4 is 63.0 Å². The fraction of sp³-hybridized carbons (Fsp3) is 0.154. The van der Waals surface area contributed by atoms with E-state index in [2.05, 4.69) is 26.5 Å². The Bertz CT molecular complexity index is 1530. The lowest BCUT2D eigenvalue weighted by molar-refractivity contribution is -0.110. The first-order valence-electron chi connectivity index (χ1n) is 10.8. The van der Waals surface area contributed by atoms with E-state index in [1.54, 1.807) is 38.1 Å². The number of carbonyl (C=O) groups is 2. The van der Waals surface area contributed by atoms with Gasteiger partial charge in [0.25, 0.3) is 11.8 Å². The first-order valence-corrected chi connectivity index (χ1v) is 11.6. The van der Waals surface area contributed by atoms with Crippen LogP contribution in [0.25, 0.3) is 10.8 Å². The second kappa shape index (κ2) is 11.1. The second-order valence-corrected chi connectivity index (χ2v) is 9.20. The predicted molar refractivity (Wildman–Crippen MR) is 143 cm³/mol. The van der Waals surface area contributed by atoms with Gasteiger partial charge in [-0.1, -0.05) is 53.4 Å². The minimum atomic E-state index is -4.96. The highest BCUT2D eigenvalue weighted by Gasteiger charge is 2.33. The lowest BCUT2D eigenvalue weighted by Crippen LogP contribution is -2.42. The van der Waals surface area contributed by atoms with Gasteiger partial charge in [-0.3, -0.25) is 9.59 Å². The van der Waals surface area contributed by atoms with Crippen LogP contribution in [0.2, 0.25) is 10.0 Å². The number of hydrogen-bond acceptors (Lipinski definition) is 5. The number of terminal acetylenes is 1. The number of pyridine rings is 1. The Morgan fingerprint density at radius 2 is 1.84 bits per heavy atom. The maximum Gasteiger partial charge on any atom is 0.430 e. The Balaban J connectivity index is 2.18. The number of nitrogens with two attached hydrogens (primary N) is 1. The predicted octanol–water partition coefficient (Wildman–Crippen LogP) is 5.80. The van der Waals surface area contributed by atoms with Gasteiger partial charge in [0, 0.05) is 11.6 Å². The Hall–Kier alpha value is -4.07. The van der Waals surface area contributed by atoms with Crippen LogP contribution in [0.1, 0.15) is 24.2 Å². The number of amides is 2. The van der Waals surface area contributed by atoms with Crippen LogP contribution in [0.5, 0.6) is 0 Å². The molecule has 1 aromatic heterocycles. The molecule has 2 amide bonds. The number of hydrogen-bond donors (Lipinski definition) is 3. The molecule has 0 aliphatic heterocycles. The molecule has 0 radical (unpaired) electrons. The van der Waals surface area contributed by atoms with E-state index in [-0.39, 0.29) is 27.1 Å². The van der Waals surface area contributed by atoms with Crippen molar-refractivity contribution in [2.45, 2.75) is 25.6 Å². The monoisotopic (exact) mass is 561 g/mol. The molecule has 0 saturated carbocycles. The molecule has 0 atom stereocenters. The Labute approximate surface area is 225 Å². The number of halogens is 5. The molecule has 2 aromatic carbocycles. The number of rotatable bonds is 6. The van der Waals surface area contributed by atoms with Crippen molar-refractivity contribution in [3.05, 3.63) is 76.0 Å². The molecule has 0 saturated heterocycles. The number of nitrogens with one attached hydrogen (secondary N) is 2. The van der Waals surface area contributed by atoms with E-state index in [9.17, 15) is 22.8 Å². The molecular weight excluding hydrogens is 542 g/mol. The Morgan fingerprint density at radius 3 is 2.47 bits per heavy atom. The van der Waals surface area contributed by atoms with Gasteiger partial charge >= 0.3 is 6.18 Å². The van der Waals surface area contributed by atoms with Crippen molar-refractivity contribution in [3.8, 4) is 12.3 Å². The topological polar surface area (TPSA) is 109 Å². The number of aliphatic imine (C=N–C) groups is 1. The summed E-state index contributed by atoms with van der Waals surface area (Å²) in [5.41, 5.74) is 1.43. The lowest BCUT2D eigenvalue weighted by atomic mass is 10.0. The van der Waals surface area contributed by atoms with Crippen LogP contribution in [0.4, 0.5) is 24.7 Å². The third-order valence-corrected chi connectivity index (χ3v) is 5.76. The van der Waals surface area contributed by atoms with Crippen LogP contribution < -0.4 is 16.4 Å². The standard InChI is InChI=1S/C26H20Cl2F3N5O2/c1-4-25(2,3)36-23(37)16-12-14-8-5-6-9-15(14)20(28)21(16)35-24(38)18(13-19(32)26(29,30)31)34-22-17(27)10-7-11-33-22/h1,5-13H,32H2,2-3H3,(H,35,38)(H,36,37). The largest absolute Gasteiger partial charge is 0.430 e. The fourth-order valence-corrected chi connectivity index (χ4v) is 3.61. The molecule has 0 bridgehead atoms. The van der Waals surface area contributed by atoms with E-state index in [0.717, 1.165) is 0 Å². The highest BCUT2D eigenvalue weighted by atomic mass is 35.5. The van der Waals surface area contributed by atoms with Crippen LogP contribution in [-0.4, -0.2) is 34.2 Å². The highest BCUT2D eigenvalue weighted by molar-refractivity contribution is 6.49. The maximum absolute atomic E-state index is 13.3. The molecule has 0 unspecified atom stereocenters. The van der Waals surface area contributed by atoms with Gasteiger partial charge in [-0.2, -0.15) is 13.2 Å². The van der Waals surface area contributed by atoms with Crippen molar-refractivity contribution in [2.24, 2.45) is 10.7 Å². The molecule has 196 valence electrons. The van der Waals surface area contributed by atoms with E-state index in [4.69, 9.17) is 35.4 Å². The average Bonchev–Trinajstić information content (AvgIpc) is 2.85. The summed E-state index contributed by atoms with van der Waals surface area (Å²) in [4.78, 5) is 34.2. The minimum Gasteiger partial charge on any atom is -0.395 e. The summed E-state index contributed by atoms with van der Waals surface area (Å²) in [7, 11) is 0. The summed E-state index contributed by atoms with van der Waals surface area (Å²) < 4.78 is 39.6. The maximum atomic E-state index is 13.3. The molecule has 0 aliphatic rings. The van der Waals surface area contributed by atoms with Crippen LogP contribution in [0.3, 0.4) is 0 Å². The smallest absolute Gasteiger partial charge is 0.395 e. The number of allylic oxidation sites excluding steroid dienone is 1. The number of nitrogens with zero attached hydrogens (tertiary/aromatic N) is 2. The zero-order chi connectivity index (χ0) is 28.3. The number of anilines is 1. The summed E-state index contributed by atoms with van der Waals surface area (Å²) in [5.74, 6) is 0.336. The summed E-state index contributed by atoms with van der Waals surface area (Å²) in [6, 6.07) is 11.1. The quantitative estimate of drug-likeness (QED) is 0.261. The van der Waals surface area contributed by atoms with Gasteiger partial charge in [0.2, 0.25) is 0 Å². The molecule has 0 aliphatic carbocycles. The lowest BCUT2D eigenvalue weighted by Gasteiger charge is -2.22. The van der Waals surface area contributed by atoms with E-state index >= 15 is 0 Å². The minimum absolute atomic E-state index is 0.0305. The van der Waals surface area contributed by atoms with Crippen molar-refractivity contribution in [2.75, 3.05) is 5.32 Å². The zero-order valence-corrected chi connectivity index (χ0v) is 21.5. The molecule has 0 fully saturated rings. The number of benzene rings is 2. The molecule has 7 nitrogen and oxygen atoms in total. The average molecular weight is 562 g/mol. The summed E-state index contributed by atoms with van der Waals surface area (Å²) in [6.07, 6.45) is 2.13. The van der Waals surface area contributed by atoms with Gasteiger partial charge in [0.05, 0.1) is 26.8 Å². The molecule has 3 aromatic rings. The van der Waals surface area contributed by atoms with Crippen molar-refractivity contribution in [3.63, 3.8) is 0 Å². The number of alkyl halides is 3. The van der Waals surface area contributed by atoms with E-state index < -0.39 is 34.9 Å². The van der Waals surface area contributed by atoms with Crippen molar-refractivity contribution < 1.29 is 22.8 Å². The van der Waals surface area contributed by atoms with Gasteiger partial charge in [-0.25, -0.2) is 9.98 Å². The Kier molecular flexibility index (Phi) is 8.35. The summed E-state index contributed by atoms with van der Waals surface area (Å²) >= 11 is 12.6. The molecule has 4 N–H and O–H groups in total. The van der Waals surface area contributed by atoms with Gasteiger partial charge in [-0.05, 0) is 43.5 Å². The van der Waals surface area contributed by atoms with Gasteiger partial charge in [0.1, 0.15) is 11.4 Å². The van der Waals surface area contributed by atoms with E-state index in [1.165, 1.54) is 24.4 Å². The van der Waals surface area contributed by atoms with Crippen LogP contribution in [0.15, 0.2) is 65.4 Å². The third kappa shape index (κ3) is 6.62. The first-order chi connectivity index (χ1) is 17.7. The Morgan fingerprint density at radius 1 is 1.16 bits per heavy atom. The van der Waals surface area contributed by atoms with Crippen LogP contribution in [0, 0.1) is 12.3 Å². The van der Waals surface area contributed by atoms with Gasteiger partial charge < -0.3 is 16.4 Å². The molecule has 1 heterocycles. The second-order valence-electron chi connectivity index (χ2n) is 8.42. The molecular formula is C26H20Cl2F3N5O2. The van der Waals surface area contributed by atoms with E-state index in [1.807, 2.05) is 0 Å². The van der Waals surface area contributed by atoms with Gasteiger partial charge in [-0.15, -0.1) is 6.42 Å². The number of fused-ring (bicyclic) bond motifs is 1. The van der Waals surface area contributed by atoms with E-state index in [0.29, 0.717) is 16.8 Å². The molecule has 3 rings (SSSR count). The fourth-order valence-electron chi connectivity index (χ4n) is 3.12. The summed E-state index contributed by atoms with van der Waals surface area (Å²) in [5, 5.41) is 5.99. The normalized spacial score (nSPS) is 12.7. The highest BCUT2D eigenvalue weighted by Crippen LogP contribution is 2.35. The third-order valence-electron chi connectivity index (χ3n) is 5.07. The molecule has 12 heteroatoms. The first kappa shape index (κ1) is 28.5. The van der Waals surface area contributed by atoms with Crippen LogP contribution in [-0.2, 0) is 4.79 Å². The van der Waals surface area contributed by atoms with Crippen LogP contribution >= 0.6 is 23.2 Å². The number of aromatic nitrogens is 1. The van der Waals surface area contributed by atoms with Crippen molar-refractivity contribution in [1.82, 2.24) is 10.3 Å². The summed E-state index contributed by atoms with van der Waals surface area (Å²) in [6.45, 7) is 3.16.